The largest absolute Gasteiger partial charge is 0.497 e. The molecule has 0 bridgehead atoms. The van der Waals surface area contributed by atoms with Crippen LogP contribution in [0, 0.1) is 0 Å². The molecule has 1 N–H and O–H groups in total. The summed E-state index contributed by atoms with van der Waals surface area (Å²) in [6.45, 7) is 0.697. The van der Waals surface area contributed by atoms with E-state index >= 15 is 0 Å². The van der Waals surface area contributed by atoms with Crippen LogP contribution in [0.4, 0.5) is 5.95 Å². The van der Waals surface area contributed by atoms with Gasteiger partial charge in [0.15, 0.2) is 0 Å². The van der Waals surface area contributed by atoms with Crippen LogP contribution in [0.25, 0.3) is 11.3 Å². The zero-order chi connectivity index (χ0) is 15.2. The summed E-state index contributed by atoms with van der Waals surface area (Å²) in [5.74, 6) is 1.43. The summed E-state index contributed by atoms with van der Waals surface area (Å²) >= 11 is 0. The summed E-state index contributed by atoms with van der Waals surface area (Å²) in [4.78, 5) is 8.82. The molecule has 1 aromatic heterocycles. The molecule has 0 amide bonds. The molecular weight excluding hydrogens is 274 g/mol. The average molecular weight is 291 g/mol. The highest BCUT2D eigenvalue weighted by Gasteiger charge is 2.03. The lowest BCUT2D eigenvalue weighted by Crippen LogP contribution is -2.03. The Labute approximate surface area is 129 Å². The number of hydrogen-bond acceptors (Lipinski definition) is 4. The van der Waals surface area contributed by atoms with E-state index in [1.54, 1.807) is 13.3 Å². The van der Waals surface area contributed by atoms with Crippen molar-refractivity contribution in [3.63, 3.8) is 0 Å². The van der Waals surface area contributed by atoms with Gasteiger partial charge >= 0.3 is 0 Å². The van der Waals surface area contributed by atoms with Gasteiger partial charge in [-0.3, -0.25) is 0 Å². The number of anilines is 1. The number of hydrogen-bond donors (Lipinski definition) is 1. The fraction of sp³-hybridized carbons (Fsp3) is 0.111. The molecule has 2 aromatic carbocycles. The Kier molecular flexibility index (Phi) is 4.30. The first kappa shape index (κ1) is 14.1. The number of nitrogens with zero attached hydrogens (tertiary/aromatic N) is 2. The van der Waals surface area contributed by atoms with E-state index in [4.69, 9.17) is 4.74 Å². The van der Waals surface area contributed by atoms with E-state index in [1.165, 1.54) is 5.56 Å². The lowest BCUT2D eigenvalue weighted by atomic mass is 10.1. The summed E-state index contributed by atoms with van der Waals surface area (Å²) in [5.41, 5.74) is 3.06. The topological polar surface area (TPSA) is 47.0 Å². The summed E-state index contributed by atoms with van der Waals surface area (Å²) in [6.07, 6.45) is 1.76. The number of rotatable bonds is 5. The molecule has 0 unspecified atom stereocenters. The Morgan fingerprint density at radius 3 is 2.68 bits per heavy atom. The predicted octanol–water partition coefficient (Wildman–Crippen LogP) is 3.76. The maximum absolute atomic E-state index is 5.25. The van der Waals surface area contributed by atoms with Crippen molar-refractivity contribution in [1.82, 2.24) is 9.97 Å². The van der Waals surface area contributed by atoms with Crippen molar-refractivity contribution in [1.29, 1.82) is 0 Å². The molecule has 0 aliphatic heterocycles. The second kappa shape index (κ2) is 6.72. The van der Waals surface area contributed by atoms with E-state index in [2.05, 4.69) is 27.4 Å². The molecule has 22 heavy (non-hydrogen) atoms. The first-order valence-electron chi connectivity index (χ1n) is 7.10. The Hall–Kier alpha value is -2.88. The SMILES string of the molecule is COc1cccc(-c2ccnc(NCc3ccccc3)n2)c1. The van der Waals surface area contributed by atoms with Gasteiger partial charge in [0, 0.05) is 18.3 Å². The van der Waals surface area contributed by atoms with Crippen LogP contribution in [-0.4, -0.2) is 17.1 Å². The van der Waals surface area contributed by atoms with Crippen molar-refractivity contribution < 1.29 is 4.74 Å². The third kappa shape index (κ3) is 3.41. The van der Waals surface area contributed by atoms with Crippen molar-refractivity contribution in [2.75, 3.05) is 12.4 Å². The smallest absolute Gasteiger partial charge is 0.223 e. The van der Waals surface area contributed by atoms with Gasteiger partial charge in [0.2, 0.25) is 5.95 Å². The molecular formula is C18H17N3O. The molecule has 0 radical (unpaired) electrons. The molecule has 0 fully saturated rings. The van der Waals surface area contributed by atoms with Gasteiger partial charge in [-0.25, -0.2) is 9.97 Å². The quantitative estimate of drug-likeness (QED) is 0.777. The van der Waals surface area contributed by atoms with Crippen LogP contribution >= 0.6 is 0 Å². The molecule has 4 nitrogen and oxygen atoms in total. The van der Waals surface area contributed by atoms with E-state index in [0.29, 0.717) is 12.5 Å². The predicted molar refractivity (Wildman–Crippen MR) is 87.8 cm³/mol. The lowest BCUT2D eigenvalue weighted by Gasteiger charge is -2.07. The summed E-state index contributed by atoms with van der Waals surface area (Å²) < 4.78 is 5.25. The van der Waals surface area contributed by atoms with Crippen molar-refractivity contribution in [3.05, 3.63) is 72.4 Å². The minimum absolute atomic E-state index is 0.615. The van der Waals surface area contributed by atoms with E-state index in [9.17, 15) is 0 Å². The van der Waals surface area contributed by atoms with E-state index < -0.39 is 0 Å². The Bertz CT molecular complexity index is 744. The minimum Gasteiger partial charge on any atom is -0.497 e. The maximum Gasteiger partial charge on any atom is 0.223 e. The van der Waals surface area contributed by atoms with Gasteiger partial charge < -0.3 is 10.1 Å². The normalized spacial score (nSPS) is 10.2. The molecule has 4 heteroatoms. The highest BCUT2D eigenvalue weighted by molar-refractivity contribution is 5.61. The van der Waals surface area contributed by atoms with Gasteiger partial charge in [-0.1, -0.05) is 42.5 Å². The van der Waals surface area contributed by atoms with Crippen molar-refractivity contribution in [2.45, 2.75) is 6.54 Å². The lowest BCUT2D eigenvalue weighted by molar-refractivity contribution is 0.415. The van der Waals surface area contributed by atoms with Gasteiger partial charge in [-0.05, 0) is 23.8 Å². The monoisotopic (exact) mass is 291 g/mol. The molecule has 3 aromatic rings. The number of methoxy groups -OCH3 is 1. The minimum atomic E-state index is 0.615. The van der Waals surface area contributed by atoms with Gasteiger partial charge in [0.05, 0.1) is 12.8 Å². The van der Waals surface area contributed by atoms with Gasteiger partial charge in [-0.2, -0.15) is 0 Å². The van der Waals surface area contributed by atoms with E-state index in [0.717, 1.165) is 17.0 Å². The molecule has 0 saturated heterocycles. The second-order valence-corrected chi connectivity index (χ2v) is 4.84. The zero-order valence-corrected chi connectivity index (χ0v) is 12.4. The van der Waals surface area contributed by atoms with Crippen LogP contribution in [0.1, 0.15) is 5.56 Å². The van der Waals surface area contributed by atoms with Crippen LogP contribution in [0.3, 0.4) is 0 Å². The molecule has 0 saturated carbocycles. The first-order valence-corrected chi connectivity index (χ1v) is 7.10. The molecule has 0 aliphatic rings. The Morgan fingerprint density at radius 2 is 1.86 bits per heavy atom. The van der Waals surface area contributed by atoms with Gasteiger partial charge in [0.25, 0.3) is 0 Å². The van der Waals surface area contributed by atoms with Crippen LogP contribution in [0.5, 0.6) is 5.75 Å². The van der Waals surface area contributed by atoms with Gasteiger partial charge in [0.1, 0.15) is 5.75 Å². The first-order chi connectivity index (χ1) is 10.8. The van der Waals surface area contributed by atoms with Crippen molar-refractivity contribution in [3.8, 4) is 17.0 Å². The molecule has 0 atom stereocenters. The fourth-order valence-corrected chi connectivity index (χ4v) is 2.16. The third-order valence-electron chi connectivity index (χ3n) is 3.31. The summed E-state index contributed by atoms with van der Waals surface area (Å²) in [5, 5.41) is 3.25. The zero-order valence-electron chi connectivity index (χ0n) is 12.4. The van der Waals surface area contributed by atoms with Crippen molar-refractivity contribution in [2.24, 2.45) is 0 Å². The van der Waals surface area contributed by atoms with Crippen LogP contribution < -0.4 is 10.1 Å². The van der Waals surface area contributed by atoms with E-state index in [-0.39, 0.29) is 0 Å². The average Bonchev–Trinajstić information content (AvgIpc) is 2.61. The third-order valence-corrected chi connectivity index (χ3v) is 3.31. The summed E-state index contributed by atoms with van der Waals surface area (Å²) in [7, 11) is 1.66. The molecule has 1 heterocycles. The van der Waals surface area contributed by atoms with Crippen molar-refractivity contribution >= 4 is 5.95 Å². The standard InChI is InChI=1S/C18H17N3O/c1-22-16-9-5-8-15(12-16)17-10-11-19-18(21-17)20-13-14-6-3-2-4-7-14/h2-12H,13H2,1H3,(H,19,20,21). The number of benzene rings is 2. The maximum atomic E-state index is 5.25. The Balaban J connectivity index is 1.77. The van der Waals surface area contributed by atoms with Crippen LogP contribution in [-0.2, 0) is 6.54 Å². The Morgan fingerprint density at radius 1 is 1.00 bits per heavy atom. The molecule has 110 valence electrons. The summed E-state index contributed by atoms with van der Waals surface area (Å²) in [6, 6.07) is 19.9. The van der Waals surface area contributed by atoms with Crippen LogP contribution in [0.2, 0.25) is 0 Å². The molecule has 3 rings (SSSR count). The number of nitrogens with one attached hydrogen (secondary N) is 1. The number of ether oxygens (including phenoxy) is 1. The van der Waals surface area contributed by atoms with Crippen LogP contribution in [0.15, 0.2) is 66.9 Å². The highest BCUT2D eigenvalue weighted by atomic mass is 16.5. The fourth-order valence-electron chi connectivity index (χ4n) is 2.16. The second-order valence-electron chi connectivity index (χ2n) is 4.84. The van der Waals surface area contributed by atoms with E-state index in [1.807, 2.05) is 48.5 Å². The molecule has 0 aliphatic carbocycles. The van der Waals surface area contributed by atoms with Gasteiger partial charge in [-0.15, -0.1) is 0 Å². The molecule has 0 spiro atoms. The highest BCUT2D eigenvalue weighted by Crippen LogP contribution is 2.22. The number of aromatic nitrogens is 2.